The molecule has 0 aliphatic carbocycles. The summed E-state index contributed by atoms with van der Waals surface area (Å²) in [7, 11) is 0. The van der Waals surface area contributed by atoms with Gasteiger partial charge in [0.25, 0.3) is 5.91 Å². The molecule has 0 aliphatic rings. The fourth-order valence-corrected chi connectivity index (χ4v) is 0.896. The molecule has 0 spiro atoms. The molecule has 0 unspecified atom stereocenters. The van der Waals surface area contributed by atoms with Gasteiger partial charge in [0.05, 0.1) is 10.5 Å². The predicted octanol–water partition coefficient (Wildman–Crippen LogP) is 0.853. The summed E-state index contributed by atoms with van der Waals surface area (Å²) in [5.41, 5.74) is -0.209. The van der Waals surface area contributed by atoms with E-state index in [0.717, 1.165) is 18.2 Å². The van der Waals surface area contributed by atoms with Crippen LogP contribution in [0, 0.1) is 15.9 Å². The molecule has 1 aromatic carbocycles. The van der Waals surface area contributed by atoms with E-state index in [1.165, 1.54) is 5.48 Å². The predicted molar refractivity (Wildman–Crippen MR) is 42.3 cm³/mol. The lowest BCUT2D eigenvalue weighted by Crippen LogP contribution is -2.20. The maximum Gasteiger partial charge on any atom is 0.305 e. The van der Waals surface area contributed by atoms with E-state index in [-0.39, 0.29) is 0 Å². The molecule has 0 atom stereocenters. The summed E-state index contributed by atoms with van der Waals surface area (Å²) >= 11 is 0. The average molecular weight is 200 g/mol. The number of nitro groups is 1. The molecule has 1 rings (SSSR count). The standard InChI is InChI=1S/C7H5FN2O4/c8-6-4(7(11)9-12)2-1-3-5(6)10(13)14/h1-3,12H,(H,9,11). The van der Waals surface area contributed by atoms with Gasteiger partial charge in [-0.15, -0.1) is 0 Å². The van der Waals surface area contributed by atoms with Crippen molar-refractivity contribution in [1.29, 1.82) is 0 Å². The summed E-state index contributed by atoms with van der Waals surface area (Å²) < 4.78 is 13.1. The zero-order valence-electron chi connectivity index (χ0n) is 6.73. The van der Waals surface area contributed by atoms with E-state index >= 15 is 0 Å². The Morgan fingerprint density at radius 1 is 1.57 bits per heavy atom. The number of benzene rings is 1. The minimum Gasteiger partial charge on any atom is -0.288 e. The van der Waals surface area contributed by atoms with Gasteiger partial charge in [-0.2, -0.15) is 4.39 Å². The quantitative estimate of drug-likeness (QED) is 0.420. The van der Waals surface area contributed by atoms with Gasteiger partial charge in [-0.05, 0) is 6.07 Å². The molecule has 0 bridgehead atoms. The molecule has 1 amide bonds. The Kier molecular flexibility index (Phi) is 2.73. The van der Waals surface area contributed by atoms with Crippen LogP contribution in [-0.4, -0.2) is 16.0 Å². The van der Waals surface area contributed by atoms with Crippen LogP contribution in [0.4, 0.5) is 10.1 Å². The zero-order valence-corrected chi connectivity index (χ0v) is 6.73. The van der Waals surface area contributed by atoms with E-state index < -0.39 is 27.9 Å². The lowest BCUT2D eigenvalue weighted by molar-refractivity contribution is -0.387. The maximum atomic E-state index is 13.1. The molecule has 1 aromatic rings. The van der Waals surface area contributed by atoms with Crippen molar-refractivity contribution in [2.24, 2.45) is 0 Å². The number of carbonyl (C=O) groups is 1. The molecule has 0 heterocycles. The maximum absolute atomic E-state index is 13.1. The van der Waals surface area contributed by atoms with E-state index in [0.29, 0.717) is 0 Å². The van der Waals surface area contributed by atoms with Crippen molar-refractivity contribution in [1.82, 2.24) is 5.48 Å². The Balaban J connectivity index is 3.27. The van der Waals surface area contributed by atoms with Crippen LogP contribution in [0.5, 0.6) is 0 Å². The molecule has 14 heavy (non-hydrogen) atoms. The van der Waals surface area contributed by atoms with Gasteiger partial charge in [-0.25, -0.2) is 5.48 Å². The van der Waals surface area contributed by atoms with Crippen molar-refractivity contribution in [3.05, 3.63) is 39.7 Å². The third-order valence-electron chi connectivity index (χ3n) is 1.52. The van der Waals surface area contributed by atoms with Gasteiger partial charge in [0.1, 0.15) is 0 Å². The van der Waals surface area contributed by atoms with Crippen LogP contribution in [0.25, 0.3) is 0 Å². The number of nitrogens with zero attached hydrogens (tertiary/aromatic N) is 1. The monoisotopic (exact) mass is 200 g/mol. The highest BCUT2D eigenvalue weighted by atomic mass is 19.1. The lowest BCUT2D eigenvalue weighted by Gasteiger charge is -2.00. The molecule has 0 radical (unpaired) electrons. The van der Waals surface area contributed by atoms with Gasteiger partial charge < -0.3 is 0 Å². The van der Waals surface area contributed by atoms with Gasteiger partial charge in [-0.1, -0.05) is 6.07 Å². The first kappa shape index (κ1) is 10.1. The van der Waals surface area contributed by atoms with E-state index in [4.69, 9.17) is 5.21 Å². The third-order valence-corrected chi connectivity index (χ3v) is 1.52. The van der Waals surface area contributed by atoms with Gasteiger partial charge in [-0.3, -0.25) is 20.1 Å². The number of halogens is 1. The highest BCUT2D eigenvalue weighted by Crippen LogP contribution is 2.19. The summed E-state index contributed by atoms with van der Waals surface area (Å²) in [5.74, 6) is -2.41. The molecule has 0 aromatic heterocycles. The Bertz CT molecular complexity index is 393. The lowest BCUT2D eigenvalue weighted by atomic mass is 10.2. The largest absolute Gasteiger partial charge is 0.305 e. The molecule has 7 heteroatoms. The molecule has 0 aliphatic heterocycles. The van der Waals surface area contributed by atoms with Crippen LogP contribution in [-0.2, 0) is 0 Å². The molecule has 6 nitrogen and oxygen atoms in total. The normalized spacial score (nSPS) is 9.57. The number of rotatable bonds is 2. The third kappa shape index (κ3) is 1.67. The Morgan fingerprint density at radius 3 is 2.71 bits per heavy atom. The number of nitrogens with one attached hydrogen (secondary N) is 1. The van der Waals surface area contributed by atoms with Crippen LogP contribution < -0.4 is 5.48 Å². The molecule has 0 fully saturated rings. The van der Waals surface area contributed by atoms with Crippen LogP contribution in [0.2, 0.25) is 0 Å². The fraction of sp³-hybridized carbons (Fsp3) is 0. The van der Waals surface area contributed by atoms with Crippen molar-refractivity contribution in [3.8, 4) is 0 Å². The zero-order chi connectivity index (χ0) is 10.7. The van der Waals surface area contributed by atoms with Gasteiger partial charge in [0, 0.05) is 6.07 Å². The first-order chi connectivity index (χ1) is 6.57. The summed E-state index contributed by atoms with van der Waals surface area (Å²) in [5, 5.41) is 18.5. The molecule has 2 N–H and O–H groups in total. The first-order valence-electron chi connectivity index (χ1n) is 3.45. The summed E-state index contributed by atoms with van der Waals surface area (Å²) in [6.45, 7) is 0. The summed E-state index contributed by atoms with van der Waals surface area (Å²) in [4.78, 5) is 20.1. The first-order valence-corrected chi connectivity index (χ1v) is 3.45. The second-order valence-electron chi connectivity index (χ2n) is 2.34. The van der Waals surface area contributed by atoms with Gasteiger partial charge in [0.2, 0.25) is 5.82 Å². The van der Waals surface area contributed by atoms with Crippen LogP contribution in [0.15, 0.2) is 18.2 Å². The second kappa shape index (κ2) is 3.79. The number of nitro benzene ring substituents is 1. The summed E-state index contributed by atoms with van der Waals surface area (Å²) in [6, 6.07) is 3.09. The minimum absolute atomic E-state index is 0.582. The smallest absolute Gasteiger partial charge is 0.288 e. The molecular formula is C7H5FN2O4. The Labute approximate surface area is 77.1 Å². The molecule has 0 saturated carbocycles. The van der Waals surface area contributed by atoms with Crippen molar-refractivity contribution < 1.29 is 19.3 Å². The van der Waals surface area contributed by atoms with Crippen LogP contribution in [0.3, 0.4) is 0 Å². The van der Waals surface area contributed by atoms with E-state index in [9.17, 15) is 19.3 Å². The number of amides is 1. The SMILES string of the molecule is O=C(NO)c1cccc([N+](=O)[O-])c1F. The minimum atomic E-state index is -1.27. The average Bonchev–Trinajstić information content (AvgIpc) is 2.16. The molecule has 74 valence electrons. The summed E-state index contributed by atoms with van der Waals surface area (Å²) in [6.07, 6.45) is 0. The van der Waals surface area contributed by atoms with Gasteiger partial charge in [0.15, 0.2) is 0 Å². The Hall–Kier alpha value is -2.02. The van der Waals surface area contributed by atoms with Gasteiger partial charge >= 0.3 is 5.69 Å². The van der Waals surface area contributed by atoms with Crippen molar-refractivity contribution in [2.75, 3.05) is 0 Å². The second-order valence-corrected chi connectivity index (χ2v) is 2.34. The van der Waals surface area contributed by atoms with Crippen molar-refractivity contribution in [3.63, 3.8) is 0 Å². The number of hydrogen-bond donors (Lipinski definition) is 2. The fourth-order valence-electron chi connectivity index (χ4n) is 0.896. The number of hydrogen-bond acceptors (Lipinski definition) is 4. The van der Waals surface area contributed by atoms with E-state index in [2.05, 4.69) is 0 Å². The number of carbonyl (C=O) groups excluding carboxylic acids is 1. The van der Waals surface area contributed by atoms with Crippen molar-refractivity contribution >= 4 is 11.6 Å². The topological polar surface area (TPSA) is 92.5 Å². The molecular weight excluding hydrogens is 195 g/mol. The van der Waals surface area contributed by atoms with Crippen LogP contribution >= 0.6 is 0 Å². The van der Waals surface area contributed by atoms with Crippen LogP contribution in [0.1, 0.15) is 10.4 Å². The van der Waals surface area contributed by atoms with E-state index in [1.54, 1.807) is 0 Å². The highest BCUT2D eigenvalue weighted by Gasteiger charge is 2.20. The number of hydroxylamine groups is 1. The molecule has 0 saturated heterocycles. The highest BCUT2D eigenvalue weighted by molar-refractivity contribution is 5.94. The van der Waals surface area contributed by atoms with Crippen molar-refractivity contribution in [2.45, 2.75) is 0 Å². The van der Waals surface area contributed by atoms with E-state index in [1.807, 2.05) is 0 Å². The Morgan fingerprint density at radius 2 is 2.21 bits per heavy atom.